The summed E-state index contributed by atoms with van der Waals surface area (Å²) < 4.78 is 8.24. The molecule has 150 valence electrons. The van der Waals surface area contributed by atoms with Gasteiger partial charge in [-0.05, 0) is 49.5 Å². The molecule has 4 aromatic heterocycles. The zero-order valence-electron chi connectivity index (χ0n) is 16.4. The van der Waals surface area contributed by atoms with Crippen LogP contribution < -0.4 is 11.1 Å². The van der Waals surface area contributed by atoms with Gasteiger partial charge >= 0.3 is 0 Å². The molecule has 4 N–H and O–H groups in total. The lowest BCUT2D eigenvalue weighted by molar-refractivity contribution is 0.343. The summed E-state index contributed by atoms with van der Waals surface area (Å²) >= 11 is 0. The SMILES string of the molecule is Nc1ncc(-c2cnn(C3CCNCC3)c2)c2cc(-c3ccc4cc[nH]c4c3)oc12. The van der Waals surface area contributed by atoms with E-state index in [1.54, 1.807) is 0 Å². The molecular formula is C23H22N6O. The highest BCUT2D eigenvalue weighted by atomic mass is 16.3. The van der Waals surface area contributed by atoms with Crippen LogP contribution >= 0.6 is 0 Å². The Labute approximate surface area is 172 Å². The molecule has 1 aliphatic rings. The minimum atomic E-state index is 0.395. The molecule has 1 aromatic carbocycles. The molecule has 7 nitrogen and oxygen atoms in total. The van der Waals surface area contributed by atoms with Crippen LogP contribution in [0, 0.1) is 0 Å². The third-order valence-corrected chi connectivity index (χ3v) is 6.02. The molecule has 30 heavy (non-hydrogen) atoms. The van der Waals surface area contributed by atoms with Crippen LogP contribution in [0.25, 0.3) is 44.3 Å². The van der Waals surface area contributed by atoms with Gasteiger partial charge in [0.15, 0.2) is 11.4 Å². The fraction of sp³-hybridized carbons (Fsp3) is 0.217. The maximum absolute atomic E-state index is 6.16. The van der Waals surface area contributed by atoms with Crippen LogP contribution in [0.3, 0.4) is 0 Å². The van der Waals surface area contributed by atoms with E-state index in [0.717, 1.165) is 59.3 Å². The van der Waals surface area contributed by atoms with Crippen LogP contribution in [-0.4, -0.2) is 32.8 Å². The highest BCUT2D eigenvalue weighted by Crippen LogP contribution is 2.37. The number of nitrogens with zero attached hydrogens (tertiary/aromatic N) is 3. The second kappa shape index (κ2) is 6.74. The Kier molecular flexibility index (Phi) is 3.89. The molecule has 0 saturated carbocycles. The summed E-state index contributed by atoms with van der Waals surface area (Å²) in [5, 5.41) is 10.2. The van der Waals surface area contributed by atoms with Crippen LogP contribution in [0.4, 0.5) is 5.82 Å². The minimum Gasteiger partial charge on any atom is -0.452 e. The van der Waals surface area contributed by atoms with Crippen LogP contribution in [-0.2, 0) is 0 Å². The van der Waals surface area contributed by atoms with E-state index >= 15 is 0 Å². The Hall–Kier alpha value is -3.58. The van der Waals surface area contributed by atoms with Crippen LogP contribution in [0.5, 0.6) is 0 Å². The molecule has 1 saturated heterocycles. The molecule has 0 unspecified atom stereocenters. The molecular weight excluding hydrogens is 376 g/mol. The third kappa shape index (κ3) is 2.78. The molecule has 1 fully saturated rings. The normalized spacial score (nSPS) is 15.3. The zero-order valence-corrected chi connectivity index (χ0v) is 16.4. The van der Waals surface area contributed by atoms with Gasteiger partial charge in [-0.3, -0.25) is 4.68 Å². The van der Waals surface area contributed by atoms with Crippen molar-refractivity contribution in [2.45, 2.75) is 18.9 Å². The summed E-state index contributed by atoms with van der Waals surface area (Å²) in [7, 11) is 0. The maximum atomic E-state index is 6.16. The Bertz CT molecular complexity index is 1350. The largest absolute Gasteiger partial charge is 0.452 e. The number of pyridine rings is 1. The van der Waals surface area contributed by atoms with Crippen LogP contribution in [0.15, 0.2) is 59.5 Å². The van der Waals surface area contributed by atoms with Crippen molar-refractivity contribution in [3.05, 3.63) is 55.1 Å². The van der Waals surface area contributed by atoms with E-state index in [0.29, 0.717) is 17.4 Å². The number of furan rings is 1. The summed E-state index contributed by atoms with van der Waals surface area (Å²) in [4.78, 5) is 7.64. The predicted molar refractivity (Wildman–Crippen MR) is 118 cm³/mol. The van der Waals surface area contributed by atoms with Gasteiger partial charge in [0, 0.05) is 46.2 Å². The number of anilines is 1. The summed E-state index contributed by atoms with van der Waals surface area (Å²) in [5.41, 5.74) is 10.8. The van der Waals surface area contributed by atoms with Gasteiger partial charge in [-0.1, -0.05) is 12.1 Å². The van der Waals surface area contributed by atoms with Gasteiger partial charge in [0.1, 0.15) is 5.76 Å². The second-order valence-corrected chi connectivity index (χ2v) is 7.88. The number of rotatable bonds is 3. The molecule has 0 bridgehead atoms. The lowest BCUT2D eigenvalue weighted by Crippen LogP contribution is -2.29. The van der Waals surface area contributed by atoms with E-state index in [1.165, 1.54) is 5.39 Å². The predicted octanol–water partition coefficient (Wildman–Crippen LogP) is 4.35. The van der Waals surface area contributed by atoms with Crippen LogP contribution in [0.2, 0.25) is 0 Å². The van der Waals surface area contributed by atoms with Crippen molar-refractivity contribution in [1.82, 2.24) is 25.1 Å². The number of piperidine rings is 1. The number of nitrogens with one attached hydrogen (secondary N) is 2. The van der Waals surface area contributed by atoms with Gasteiger partial charge in [0.2, 0.25) is 0 Å². The number of nitrogen functional groups attached to an aromatic ring is 1. The second-order valence-electron chi connectivity index (χ2n) is 7.88. The summed E-state index contributed by atoms with van der Waals surface area (Å²) in [6, 6.07) is 10.8. The van der Waals surface area contributed by atoms with E-state index in [4.69, 9.17) is 10.2 Å². The lowest BCUT2D eigenvalue weighted by Gasteiger charge is -2.22. The molecule has 0 radical (unpaired) electrons. The Morgan fingerprint density at radius 3 is 2.87 bits per heavy atom. The van der Waals surface area contributed by atoms with Gasteiger partial charge in [-0.25, -0.2) is 4.98 Å². The standard InChI is InChI=1S/C23H22N6O/c24-23-22-18(10-21(30-22)15-2-1-14-3-8-26-20(14)9-15)19(12-27-23)16-11-28-29(13-16)17-4-6-25-7-5-17/h1-3,8-13,17,25-26H,4-7H2,(H2,24,27). The number of aromatic amines is 1. The smallest absolute Gasteiger partial charge is 0.177 e. The molecule has 6 rings (SSSR count). The first kappa shape index (κ1) is 17.3. The number of nitrogens with two attached hydrogens (primary N) is 1. The Balaban J connectivity index is 1.44. The van der Waals surface area contributed by atoms with Crippen molar-refractivity contribution in [1.29, 1.82) is 0 Å². The molecule has 1 aliphatic heterocycles. The fourth-order valence-electron chi connectivity index (χ4n) is 4.37. The highest BCUT2D eigenvalue weighted by Gasteiger charge is 2.19. The van der Waals surface area contributed by atoms with Crippen molar-refractivity contribution in [2.24, 2.45) is 0 Å². The van der Waals surface area contributed by atoms with Gasteiger partial charge in [0.25, 0.3) is 0 Å². The molecule has 7 heteroatoms. The monoisotopic (exact) mass is 398 g/mol. The quantitative estimate of drug-likeness (QED) is 0.420. The van der Waals surface area contributed by atoms with Crippen molar-refractivity contribution in [3.8, 4) is 22.5 Å². The fourth-order valence-corrected chi connectivity index (χ4v) is 4.37. The van der Waals surface area contributed by atoms with Gasteiger partial charge < -0.3 is 20.5 Å². The first-order chi connectivity index (χ1) is 14.8. The number of hydrogen-bond donors (Lipinski definition) is 3. The summed E-state index contributed by atoms with van der Waals surface area (Å²) in [6.07, 6.45) is 9.95. The topological polar surface area (TPSA) is 97.7 Å². The van der Waals surface area contributed by atoms with Gasteiger partial charge in [-0.15, -0.1) is 0 Å². The van der Waals surface area contributed by atoms with E-state index in [1.807, 2.05) is 18.6 Å². The average Bonchev–Trinajstić information content (AvgIpc) is 3.53. The zero-order chi connectivity index (χ0) is 20.1. The molecule has 5 aromatic rings. The molecule has 5 heterocycles. The molecule has 0 spiro atoms. The van der Waals surface area contributed by atoms with E-state index < -0.39 is 0 Å². The number of benzene rings is 1. The number of hydrogen-bond acceptors (Lipinski definition) is 5. The van der Waals surface area contributed by atoms with Crippen molar-refractivity contribution in [2.75, 3.05) is 18.8 Å². The van der Waals surface area contributed by atoms with Crippen LogP contribution in [0.1, 0.15) is 18.9 Å². The first-order valence-electron chi connectivity index (χ1n) is 10.3. The van der Waals surface area contributed by atoms with Gasteiger partial charge in [-0.2, -0.15) is 5.10 Å². The first-order valence-corrected chi connectivity index (χ1v) is 10.3. The minimum absolute atomic E-state index is 0.395. The average molecular weight is 398 g/mol. The molecule has 0 amide bonds. The van der Waals surface area contributed by atoms with Gasteiger partial charge in [0.05, 0.1) is 12.2 Å². The maximum Gasteiger partial charge on any atom is 0.177 e. The molecule has 0 atom stereocenters. The number of H-pyrrole nitrogens is 1. The Morgan fingerprint density at radius 1 is 1.07 bits per heavy atom. The van der Waals surface area contributed by atoms with Crippen molar-refractivity contribution >= 4 is 27.7 Å². The number of fused-ring (bicyclic) bond motifs is 2. The number of aromatic nitrogens is 4. The molecule has 0 aliphatic carbocycles. The third-order valence-electron chi connectivity index (χ3n) is 6.02. The summed E-state index contributed by atoms with van der Waals surface area (Å²) in [5.74, 6) is 1.17. The Morgan fingerprint density at radius 2 is 1.97 bits per heavy atom. The lowest BCUT2D eigenvalue weighted by atomic mass is 10.1. The van der Waals surface area contributed by atoms with E-state index in [2.05, 4.69) is 61.6 Å². The van der Waals surface area contributed by atoms with E-state index in [9.17, 15) is 0 Å². The summed E-state index contributed by atoms with van der Waals surface area (Å²) in [6.45, 7) is 2.06. The van der Waals surface area contributed by atoms with Crippen molar-refractivity contribution in [3.63, 3.8) is 0 Å². The highest BCUT2D eigenvalue weighted by molar-refractivity contribution is 6.00. The van der Waals surface area contributed by atoms with E-state index in [-0.39, 0.29) is 0 Å². The van der Waals surface area contributed by atoms with Crippen molar-refractivity contribution < 1.29 is 4.42 Å².